The van der Waals surface area contributed by atoms with E-state index in [4.69, 9.17) is 0 Å². The van der Waals surface area contributed by atoms with Crippen molar-refractivity contribution in [1.29, 1.82) is 0 Å². The van der Waals surface area contributed by atoms with Gasteiger partial charge in [-0.25, -0.2) is 0 Å². The number of hydrogen-bond donors (Lipinski definition) is 1. The zero-order valence-electron chi connectivity index (χ0n) is 22.9. The number of carbonyl (C=O) groups is 3. The number of fused-ring (bicyclic) bond motifs is 1. The fourth-order valence-electron chi connectivity index (χ4n) is 6.87. The molecule has 3 unspecified atom stereocenters. The minimum atomic E-state index is -0.719. The van der Waals surface area contributed by atoms with Gasteiger partial charge in [0.2, 0.25) is 17.7 Å². The number of hydrogen-bond acceptors (Lipinski definition) is 5. The van der Waals surface area contributed by atoms with Crippen LogP contribution in [0.3, 0.4) is 0 Å². The van der Waals surface area contributed by atoms with Gasteiger partial charge in [0, 0.05) is 30.9 Å². The highest BCUT2D eigenvalue weighted by Gasteiger charge is 2.78. The molecule has 202 valence electrons. The molecule has 1 N–H and O–H groups in total. The highest BCUT2D eigenvalue weighted by molar-refractivity contribution is 8.02. The van der Waals surface area contributed by atoms with Gasteiger partial charge in [0.25, 0.3) is 0 Å². The first-order valence-corrected chi connectivity index (χ1v) is 14.2. The summed E-state index contributed by atoms with van der Waals surface area (Å²) in [7, 11) is 1.75. The molecule has 7 atom stereocenters. The van der Waals surface area contributed by atoms with Crippen molar-refractivity contribution in [3.8, 4) is 0 Å². The Labute approximate surface area is 221 Å². The number of aliphatic hydroxyl groups excluding tert-OH is 1. The average Bonchev–Trinajstić information content (AvgIpc) is 3.38. The van der Waals surface area contributed by atoms with Gasteiger partial charge in [0.05, 0.1) is 29.2 Å². The summed E-state index contributed by atoms with van der Waals surface area (Å²) < 4.78 is -1.10. The van der Waals surface area contributed by atoms with Gasteiger partial charge in [-0.15, -0.1) is 24.9 Å². The number of amides is 3. The summed E-state index contributed by atoms with van der Waals surface area (Å²) in [4.78, 5) is 47.7. The van der Waals surface area contributed by atoms with E-state index in [-0.39, 0.29) is 36.3 Å². The van der Waals surface area contributed by atoms with Crippen LogP contribution in [0.5, 0.6) is 0 Å². The fourth-order valence-corrected chi connectivity index (χ4v) is 9.20. The molecule has 3 rings (SSSR count). The quantitative estimate of drug-likeness (QED) is 0.400. The first-order valence-electron chi connectivity index (χ1n) is 13.4. The highest BCUT2D eigenvalue weighted by Crippen LogP contribution is 2.72. The van der Waals surface area contributed by atoms with E-state index in [1.54, 1.807) is 40.8 Å². The minimum absolute atomic E-state index is 0.00475. The van der Waals surface area contributed by atoms with Gasteiger partial charge >= 0.3 is 0 Å². The van der Waals surface area contributed by atoms with Crippen LogP contribution in [0.15, 0.2) is 25.3 Å². The summed E-state index contributed by atoms with van der Waals surface area (Å²) in [5, 5.41) is 10.4. The second-order valence-corrected chi connectivity index (χ2v) is 13.3. The van der Waals surface area contributed by atoms with Crippen LogP contribution in [0.25, 0.3) is 0 Å². The second kappa shape index (κ2) is 10.9. The monoisotopic (exact) mass is 519 g/mol. The first kappa shape index (κ1) is 28.8. The summed E-state index contributed by atoms with van der Waals surface area (Å²) in [6.45, 7) is 18.4. The third-order valence-corrected chi connectivity index (χ3v) is 10.6. The summed E-state index contributed by atoms with van der Waals surface area (Å²) in [6.07, 6.45) is 6.69. The molecule has 3 amide bonds. The van der Waals surface area contributed by atoms with E-state index in [1.165, 1.54) is 0 Å². The van der Waals surface area contributed by atoms with Crippen LogP contribution >= 0.6 is 11.8 Å². The predicted octanol–water partition coefficient (Wildman–Crippen LogP) is 3.33. The summed E-state index contributed by atoms with van der Waals surface area (Å²) in [5.74, 6) is -1.46. The Hall–Kier alpha value is -1.80. The number of rotatable bonds is 12. The molecular weight excluding hydrogens is 474 g/mol. The van der Waals surface area contributed by atoms with Gasteiger partial charge in [-0.3, -0.25) is 14.4 Å². The summed E-state index contributed by atoms with van der Waals surface area (Å²) in [5.41, 5.74) is 0. The van der Waals surface area contributed by atoms with E-state index < -0.39 is 33.4 Å². The number of likely N-dealkylation sites (N-methyl/N-ethyl adjacent to an activating group) is 1. The van der Waals surface area contributed by atoms with Crippen molar-refractivity contribution in [1.82, 2.24) is 14.7 Å². The molecule has 0 aliphatic carbocycles. The zero-order chi connectivity index (χ0) is 27.0. The molecule has 7 nitrogen and oxygen atoms in total. The molecule has 0 radical (unpaired) electrons. The van der Waals surface area contributed by atoms with Crippen LogP contribution < -0.4 is 0 Å². The topological polar surface area (TPSA) is 81.2 Å². The molecule has 3 heterocycles. The van der Waals surface area contributed by atoms with Crippen molar-refractivity contribution in [2.24, 2.45) is 17.8 Å². The maximum absolute atomic E-state index is 14.5. The van der Waals surface area contributed by atoms with Crippen molar-refractivity contribution in [3.05, 3.63) is 25.3 Å². The number of aliphatic hydroxyl groups is 1. The Balaban J connectivity index is 2.16. The lowest BCUT2D eigenvalue weighted by Crippen LogP contribution is -2.59. The molecule has 0 aromatic heterocycles. The van der Waals surface area contributed by atoms with Crippen molar-refractivity contribution < 1.29 is 19.5 Å². The SMILES string of the molecule is C=CCN(C)C(=O)[C@@H]1[C@H]2C(=O)N([C@@H](CO)C(C)C)C(C(=O)N(CC=C)C(C)CCC)C23CC[C@@]1(C)S3. The van der Waals surface area contributed by atoms with E-state index in [9.17, 15) is 19.5 Å². The number of thioether (sulfide) groups is 1. The van der Waals surface area contributed by atoms with Crippen LogP contribution in [0.1, 0.15) is 60.3 Å². The molecule has 3 saturated heterocycles. The fraction of sp³-hybridized carbons (Fsp3) is 0.750. The maximum atomic E-state index is 14.5. The number of carbonyl (C=O) groups excluding carboxylic acids is 3. The number of likely N-dealkylation sites (tertiary alicyclic amines) is 1. The van der Waals surface area contributed by atoms with Crippen LogP contribution in [0.2, 0.25) is 0 Å². The predicted molar refractivity (Wildman–Crippen MR) is 145 cm³/mol. The zero-order valence-corrected chi connectivity index (χ0v) is 23.7. The average molecular weight is 520 g/mol. The van der Waals surface area contributed by atoms with E-state index in [0.29, 0.717) is 19.5 Å². The molecule has 1 spiro atoms. The van der Waals surface area contributed by atoms with Gasteiger partial charge < -0.3 is 19.8 Å². The minimum Gasteiger partial charge on any atom is -0.394 e. The lowest BCUT2D eigenvalue weighted by Gasteiger charge is -2.42. The molecule has 3 fully saturated rings. The first-order chi connectivity index (χ1) is 16.9. The normalized spacial score (nSPS) is 32.4. The lowest BCUT2D eigenvalue weighted by molar-refractivity contribution is -0.148. The largest absolute Gasteiger partial charge is 0.394 e. The highest BCUT2D eigenvalue weighted by atomic mass is 32.2. The standard InChI is InChI=1S/C28H45N3O4S/c1-9-12-19(6)30(16-11-3)26(35)23-28-14-13-27(7,36-28)21(24(33)29(8)15-10-2)22(28)25(34)31(23)20(17-32)18(4)5/h10-11,18-23,32H,2-3,9,12-17H2,1,4-8H3/t19?,20-,21-,22-,23?,27+,28?/m0/s1. The molecular formula is C28H45N3O4S. The van der Waals surface area contributed by atoms with Crippen LogP contribution in [-0.4, -0.2) is 91.9 Å². The van der Waals surface area contributed by atoms with E-state index >= 15 is 0 Å². The third kappa shape index (κ3) is 4.42. The lowest BCUT2D eigenvalue weighted by atomic mass is 9.66. The van der Waals surface area contributed by atoms with E-state index in [2.05, 4.69) is 27.0 Å². The van der Waals surface area contributed by atoms with Gasteiger partial charge in [0.1, 0.15) is 6.04 Å². The van der Waals surface area contributed by atoms with E-state index in [0.717, 1.165) is 19.3 Å². The Morgan fingerprint density at radius 1 is 1.19 bits per heavy atom. The Kier molecular flexibility index (Phi) is 8.71. The van der Waals surface area contributed by atoms with E-state index in [1.807, 2.05) is 25.7 Å². The molecule has 0 saturated carbocycles. The molecule has 0 aromatic carbocycles. The van der Waals surface area contributed by atoms with Crippen molar-refractivity contribution in [3.63, 3.8) is 0 Å². The molecule has 0 aromatic rings. The van der Waals surface area contributed by atoms with Gasteiger partial charge in [-0.05, 0) is 39.0 Å². The van der Waals surface area contributed by atoms with Crippen LogP contribution in [0, 0.1) is 17.8 Å². The van der Waals surface area contributed by atoms with Crippen molar-refractivity contribution >= 4 is 29.5 Å². The third-order valence-electron chi connectivity index (χ3n) is 8.65. The molecule has 2 bridgehead atoms. The van der Waals surface area contributed by atoms with Gasteiger partial charge in [0.15, 0.2) is 0 Å². The number of nitrogens with zero attached hydrogens (tertiary/aromatic N) is 3. The summed E-state index contributed by atoms with van der Waals surface area (Å²) >= 11 is 1.68. The van der Waals surface area contributed by atoms with Crippen molar-refractivity contribution in [2.75, 3.05) is 26.7 Å². The van der Waals surface area contributed by atoms with Crippen molar-refractivity contribution in [2.45, 2.75) is 87.9 Å². The molecule has 3 aliphatic heterocycles. The van der Waals surface area contributed by atoms with Crippen LogP contribution in [0.4, 0.5) is 0 Å². The van der Waals surface area contributed by atoms with Gasteiger partial charge in [-0.1, -0.05) is 39.3 Å². The van der Waals surface area contributed by atoms with Gasteiger partial charge in [-0.2, -0.15) is 0 Å². The molecule has 3 aliphatic rings. The Morgan fingerprint density at radius 3 is 2.36 bits per heavy atom. The molecule has 8 heteroatoms. The molecule has 36 heavy (non-hydrogen) atoms. The second-order valence-electron chi connectivity index (χ2n) is 11.4. The maximum Gasteiger partial charge on any atom is 0.247 e. The summed E-state index contributed by atoms with van der Waals surface area (Å²) in [6, 6.07) is -1.22. The van der Waals surface area contributed by atoms with Crippen LogP contribution in [-0.2, 0) is 14.4 Å². The smallest absolute Gasteiger partial charge is 0.247 e. The Morgan fingerprint density at radius 2 is 1.83 bits per heavy atom. The Bertz CT molecular complexity index is 894.